The van der Waals surface area contributed by atoms with Crippen molar-refractivity contribution in [1.82, 2.24) is 5.32 Å². The average Bonchev–Trinajstić information content (AvgIpc) is 2.69. The van der Waals surface area contributed by atoms with Gasteiger partial charge >= 0.3 is 6.09 Å². The van der Waals surface area contributed by atoms with E-state index in [1.54, 1.807) is 37.8 Å². The highest BCUT2D eigenvalue weighted by Gasteiger charge is 2.35. The second-order valence-electron chi connectivity index (χ2n) is 5.93. The zero-order valence-electron chi connectivity index (χ0n) is 12.4. The van der Waals surface area contributed by atoms with Crippen molar-refractivity contribution in [3.05, 3.63) is 29.3 Å². The Labute approximate surface area is 129 Å². The van der Waals surface area contributed by atoms with Crippen LogP contribution >= 0.6 is 11.6 Å². The summed E-state index contributed by atoms with van der Waals surface area (Å²) in [6.45, 7) is 5.85. The molecule has 0 saturated carbocycles. The molecule has 0 spiro atoms. The molecule has 2 amide bonds. The van der Waals surface area contributed by atoms with E-state index in [4.69, 9.17) is 16.3 Å². The topological polar surface area (TPSA) is 58.6 Å². The molecule has 0 aromatic heterocycles. The third kappa shape index (κ3) is 3.88. The summed E-state index contributed by atoms with van der Waals surface area (Å²) in [4.78, 5) is 25.7. The van der Waals surface area contributed by atoms with E-state index in [2.05, 4.69) is 5.32 Å². The first-order valence-electron chi connectivity index (χ1n) is 6.83. The number of benzene rings is 1. The maximum atomic E-state index is 12.4. The molecule has 1 aliphatic rings. The largest absolute Gasteiger partial charge is 0.444 e. The number of alkyl carbamates (subject to hydrolysis) is 1. The highest BCUT2D eigenvalue weighted by atomic mass is 35.5. The molecule has 0 bridgehead atoms. The molecule has 0 unspecified atom stereocenters. The number of anilines is 1. The Morgan fingerprint density at radius 1 is 1.38 bits per heavy atom. The number of carbonyl (C=O) groups is 2. The number of amides is 2. The maximum Gasteiger partial charge on any atom is 0.408 e. The van der Waals surface area contributed by atoms with Crippen LogP contribution in [0.1, 0.15) is 27.2 Å². The fourth-order valence-electron chi connectivity index (χ4n) is 2.17. The van der Waals surface area contributed by atoms with Gasteiger partial charge in [-0.3, -0.25) is 4.79 Å². The fraction of sp³-hybridized carbons (Fsp3) is 0.467. The third-order valence-corrected chi connectivity index (χ3v) is 3.36. The van der Waals surface area contributed by atoms with Gasteiger partial charge in [0.2, 0.25) is 5.91 Å². The van der Waals surface area contributed by atoms with E-state index in [0.29, 0.717) is 23.7 Å². The number of nitrogens with one attached hydrogen (secondary N) is 1. The predicted molar refractivity (Wildman–Crippen MR) is 81.6 cm³/mol. The standard InChI is InChI=1S/C15H19ClN2O3/c1-15(2,3)21-14(20)17-11-8-9-18(13(11)19)12-7-5-4-6-10(12)16/h4-7,11H,8-9H2,1-3H3,(H,17,20)/t11-/m0/s1. The number of carbonyl (C=O) groups excluding carboxylic acids is 2. The second kappa shape index (κ2) is 5.93. The molecule has 1 fully saturated rings. The fourth-order valence-corrected chi connectivity index (χ4v) is 2.41. The van der Waals surface area contributed by atoms with E-state index in [-0.39, 0.29) is 5.91 Å². The van der Waals surface area contributed by atoms with Crippen LogP contribution in [0, 0.1) is 0 Å². The molecule has 114 valence electrons. The average molecular weight is 311 g/mol. The van der Waals surface area contributed by atoms with Crippen LogP contribution in [0.3, 0.4) is 0 Å². The molecular weight excluding hydrogens is 292 g/mol. The van der Waals surface area contributed by atoms with Crippen molar-refractivity contribution >= 4 is 29.3 Å². The number of hydrogen-bond donors (Lipinski definition) is 1. The molecule has 5 nitrogen and oxygen atoms in total. The molecule has 1 aromatic carbocycles. The zero-order valence-corrected chi connectivity index (χ0v) is 13.1. The molecular formula is C15H19ClN2O3. The summed E-state index contributed by atoms with van der Waals surface area (Å²) in [6, 6.07) is 6.58. The molecule has 1 saturated heterocycles. The number of nitrogens with zero attached hydrogens (tertiary/aromatic N) is 1. The first-order valence-corrected chi connectivity index (χ1v) is 7.21. The van der Waals surface area contributed by atoms with Crippen molar-refractivity contribution < 1.29 is 14.3 Å². The van der Waals surface area contributed by atoms with Gasteiger partial charge in [0.05, 0.1) is 10.7 Å². The molecule has 1 aromatic rings. The first-order chi connectivity index (χ1) is 9.78. The van der Waals surface area contributed by atoms with Crippen LogP contribution in [-0.2, 0) is 9.53 Å². The lowest BCUT2D eigenvalue weighted by Gasteiger charge is -2.22. The van der Waals surface area contributed by atoms with Gasteiger partial charge in [-0.2, -0.15) is 0 Å². The van der Waals surface area contributed by atoms with Gasteiger partial charge in [0.1, 0.15) is 11.6 Å². The van der Waals surface area contributed by atoms with Crippen LogP contribution < -0.4 is 10.2 Å². The molecule has 6 heteroatoms. The second-order valence-corrected chi connectivity index (χ2v) is 6.34. The lowest BCUT2D eigenvalue weighted by molar-refractivity contribution is -0.118. The summed E-state index contributed by atoms with van der Waals surface area (Å²) in [7, 11) is 0. The zero-order chi connectivity index (χ0) is 15.6. The van der Waals surface area contributed by atoms with Crippen LogP contribution in [0.4, 0.5) is 10.5 Å². The molecule has 1 atom stereocenters. The molecule has 21 heavy (non-hydrogen) atoms. The van der Waals surface area contributed by atoms with Gasteiger partial charge < -0.3 is 15.0 Å². The summed E-state index contributed by atoms with van der Waals surface area (Å²) in [5, 5.41) is 3.13. The van der Waals surface area contributed by atoms with E-state index in [1.165, 1.54) is 0 Å². The predicted octanol–water partition coefficient (Wildman–Crippen LogP) is 2.97. The summed E-state index contributed by atoms with van der Waals surface area (Å²) < 4.78 is 5.17. The van der Waals surface area contributed by atoms with E-state index in [0.717, 1.165) is 0 Å². The number of ether oxygens (including phenoxy) is 1. The van der Waals surface area contributed by atoms with Crippen molar-refractivity contribution in [3.63, 3.8) is 0 Å². The van der Waals surface area contributed by atoms with E-state index in [1.807, 2.05) is 12.1 Å². The Hall–Kier alpha value is -1.75. The van der Waals surface area contributed by atoms with Crippen LogP contribution in [0.2, 0.25) is 5.02 Å². The van der Waals surface area contributed by atoms with Gasteiger partial charge in [-0.1, -0.05) is 23.7 Å². The highest BCUT2D eigenvalue weighted by molar-refractivity contribution is 6.34. The first kappa shape index (κ1) is 15.6. The van der Waals surface area contributed by atoms with E-state index >= 15 is 0 Å². The van der Waals surface area contributed by atoms with Gasteiger partial charge in [-0.15, -0.1) is 0 Å². The highest BCUT2D eigenvalue weighted by Crippen LogP contribution is 2.29. The van der Waals surface area contributed by atoms with E-state index < -0.39 is 17.7 Å². The SMILES string of the molecule is CC(C)(C)OC(=O)N[C@H]1CCN(c2ccccc2Cl)C1=O. The van der Waals surface area contributed by atoms with Crippen molar-refractivity contribution in [2.75, 3.05) is 11.4 Å². The number of para-hydroxylation sites is 1. The summed E-state index contributed by atoms with van der Waals surface area (Å²) in [5.74, 6) is -0.172. The van der Waals surface area contributed by atoms with Crippen molar-refractivity contribution in [2.24, 2.45) is 0 Å². The van der Waals surface area contributed by atoms with Crippen LogP contribution in [0.5, 0.6) is 0 Å². The summed E-state index contributed by atoms with van der Waals surface area (Å²) in [6.07, 6.45) is -0.0506. The van der Waals surface area contributed by atoms with Gasteiger partial charge in [-0.05, 0) is 39.3 Å². The lowest BCUT2D eigenvalue weighted by atomic mass is 10.2. The number of hydrogen-bond acceptors (Lipinski definition) is 3. The quantitative estimate of drug-likeness (QED) is 0.913. The Morgan fingerprint density at radius 2 is 2.05 bits per heavy atom. The maximum absolute atomic E-state index is 12.4. The van der Waals surface area contributed by atoms with Crippen molar-refractivity contribution in [3.8, 4) is 0 Å². The van der Waals surface area contributed by atoms with E-state index in [9.17, 15) is 9.59 Å². The number of halogens is 1. The minimum atomic E-state index is -0.589. The minimum Gasteiger partial charge on any atom is -0.444 e. The number of rotatable bonds is 2. The summed E-state index contributed by atoms with van der Waals surface area (Å²) in [5.41, 5.74) is 0.0754. The monoisotopic (exact) mass is 310 g/mol. The molecule has 1 aliphatic heterocycles. The smallest absolute Gasteiger partial charge is 0.408 e. The van der Waals surface area contributed by atoms with Crippen LogP contribution in [0.25, 0.3) is 0 Å². The Balaban J connectivity index is 2.02. The van der Waals surface area contributed by atoms with Crippen molar-refractivity contribution in [2.45, 2.75) is 38.8 Å². The van der Waals surface area contributed by atoms with Gasteiger partial charge in [0.25, 0.3) is 0 Å². The Kier molecular flexibility index (Phi) is 4.42. The van der Waals surface area contributed by atoms with Crippen LogP contribution in [-0.4, -0.2) is 30.2 Å². The molecule has 0 radical (unpaired) electrons. The Morgan fingerprint density at radius 3 is 2.67 bits per heavy atom. The minimum absolute atomic E-state index is 0.172. The lowest BCUT2D eigenvalue weighted by Crippen LogP contribution is -2.43. The third-order valence-electron chi connectivity index (χ3n) is 3.04. The molecule has 2 rings (SSSR count). The molecule has 0 aliphatic carbocycles. The summed E-state index contributed by atoms with van der Waals surface area (Å²) >= 11 is 6.10. The molecule has 1 heterocycles. The molecule has 1 N–H and O–H groups in total. The van der Waals surface area contributed by atoms with Gasteiger partial charge in [0.15, 0.2) is 0 Å². The van der Waals surface area contributed by atoms with Gasteiger partial charge in [-0.25, -0.2) is 4.79 Å². The van der Waals surface area contributed by atoms with Crippen molar-refractivity contribution in [1.29, 1.82) is 0 Å². The van der Waals surface area contributed by atoms with Gasteiger partial charge in [0, 0.05) is 6.54 Å². The Bertz CT molecular complexity index is 554. The normalized spacial score (nSPS) is 18.8. The van der Waals surface area contributed by atoms with Crippen LogP contribution in [0.15, 0.2) is 24.3 Å².